The van der Waals surface area contributed by atoms with E-state index in [9.17, 15) is 5.26 Å². The lowest BCUT2D eigenvalue weighted by Gasteiger charge is -2.29. The Kier molecular flexibility index (Phi) is 5.78. The van der Waals surface area contributed by atoms with Crippen molar-refractivity contribution >= 4 is 23.4 Å². The Bertz CT molecular complexity index is 1160. The molecule has 0 spiro atoms. The van der Waals surface area contributed by atoms with Gasteiger partial charge in [-0.05, 0) is 61.1 Å². The summed E-state index contributed by atoms with van der Waals surface area (Å²) in [6.45, 7) is 4.02. The molecule has 2 aromatic carbocycles. The zero-order chi connectivity index (χ0) is 19.7. The quantitative estimate of drug-likeness (QED) is 0.651. The summed E-state index contributed by atoms with van der Waals surface area (Å²) in [5.41, 5.74) is 12.0. The maximum absolute atomic E-state index is 9.52. The van der Waals surface area contributed by atoms with Crippen molar-refractivity contribution in [2.24, 2.45) is 5.73 Å². The number of hydrogen-bond acceptors (Lipinski definition) is 5. The zero-order valence-corrected chi connectivity index (χ0v) is 17.2. The van der Waals surface area contributed by atoms with Crippen molar-refractivity contribution in [3.8, 4) is 17.3 Å². The monoisotopic (exact) mass is 406 g/mol. The fraction of sp³-hybridized carbons (Fsp3) is 0.217. The molecule has 3 N–H and O–H groups in total. The van der Waals surface area contributed by atoms with Crippen LogP contribution in [0.2, 0.25) is 0 Å². The van der Waals surface area contributed by atoms with Crippen molar-refractivity contribution in [2.75, 3.05) is 0 Å². The van der Waals surface area contributed by atoms with Crippen LogP contribution >= 0.6 is 12.4 Å². The van der Waals surface area contributed by atoms with Gasteiger partial charge in [-0.3, -0.25) is 5.73 Å². The summed E-state index contributed by atoms with van der Waals surface area (Å²) in [5.74, 6) is 0. The number of aromatic nitrogens is 1. The van der Waals surface area contributed by atoms with E-state index in [0.717, 1.165) is 50.9 Å². The molecule has 0 fully saturated rings. The highest BCUT2D eigenvalue weighted by Gasteiger charge is 2.30. The molecule has 0 amide bonds. The average molecular weight is 407 g/mol. The number of halogens is 1. The van der Waals surface area contributed by atoms with Crippen molar-refractivity contribution in [3.63, 3.8) is 0 Å². The molecule has 5 nitrogen and oxygen atoms in total. The molecule has 1 aliphatic heterocycles. The first-order valence-electron chi connectivity index (χ1n) is 9.30. The van der Waals surface area contributed by atoms with Crippen LogP contribution in [0.4, 0.5) is 0 Å². The lowest BCUT2D eigenvalue weighted by Crippen LogP contribution is -2.53. The van der Waals surface area contributed by atoms with Gasteiger partial charge in [-0.1, -0.05) is 41.6 Å². The predicted molar refractivity (Wildman–Crippen MR) is 117 cm³/mol. The Hall–Kier alpha value is -3.07. The lowest BCUT2D eigenvalue weighted by atomic mass is 9.89. The number of rotatable bonds is 4. The molecule has 0 saturated carbocycles. The summed E-state index contributed by atoms with van der Waals surface area (Å²) in [6, 6.07) is 16.5. The minimum Gasteiger partial charge on any atom is -0.358 e. The number of nitrogens with zero attached hydrogens (tertiary/aromatic N) is 2. The van der Waals surface area contributed by atoms with E-state index in [-0.39, 0.29) is 12.4 Å². The molecule has 29 heavy (non-hydrogen) atoms. The first-order valence-corrected chi connectivity index (χ1v) is 9.30. The molecule has 148 valence electrons. The summed E-state index contributed by atoms with van der Waals surface area (Å²) in [6.07, 6.45) is 5.20. The molecule has 3 aromatic rings. The third-order valence-corrected chi connectivity index (χ3v) is 5.18. The topological polar surface area (TPSA) is 87.9 Å². The molecule has 0 bridgehead atoms. The van der Waals surface area contributed by atoms with E-state index in [1.54, 1.807) is 6.20 Å². The Morgan fingerprint density at radius 3 is 2.76 bits per heavy atom. The van der Waals surface area contributed by atoms with Gasteiger partial charge in [-0.25, -0.2) is 0 Å². The molecule has 1 aromatic heterocycles. The highest BCUT2D eigenvalue weighted by atomic mass is 35.5. The van der Waals surface area contributed by atoms with Crippen LogP contribution in [0.15, 0.2) is 70.4 Å². The average Bonchev–Trinajstić information content (AvgIpc) is 3.11. The number of nitrogens with two attached hydrogens (primary N) is 1. The Morgan fingerprint density at radius 2 is 1.97 bits per heavy atom. The van der Waals surface area contributed by atoms with E-state index < -0.39 is 5.66 Å². The zero-order valence-electron chi connectivity index (χ0n) is 16.4. The molecular formula is C23H23ClN4O. The Labute approximate surface area is 176 Å². The van der Waals surface area contributed by atoms with Crippen molar-refractivity contribution < 1.29 is 4.52 Å². The van der Waals surface area contributed by atoms with E-state index in [2.05, 4.69) is 40.8 Å². The van der Waals surface area contributed by atoms with Crippen LogP contribution in [0, 0.1) is 18.3 Å². The minimum atomic E-state index is -1.16. The standard InChI is InChI=1S/C23H22N4O.ClH/c1-15-7-10-20-21(12-15)28-27-22(20)19-6-4-3-5-17(19)8-9-18-11-16(2)13-26-23(18,25)14-24;/h3-7,10-13,26H,8-9,25H2,1-2H3;1H. The molecule has 0 aliphatic carbocycles. The number of fused-ring (bicyclic) bond motifs is 1. The second kappa shape index (κ2) is 8.12. The Balaban J connectivity index is 0.00000240. The smallest absolute Gasteiger partial charge is 0.198 e. The molecule has 0 radical (unpaired) electrons. The highest BCUT2D eigenvalue weighted by molar-refractivity contribution is 5.92. The van der Waals surface area contributed by atoms with Gasteiger partial charge in [0.1, 0.15) is 11.8 Å². The van der Waals surface area contributed by atoms with Gasteiger partial charge < -0.3 is 9.84 Å². The van der Waals surface area contributed by atoms with Crippen molar-refractivity contribution in [2.45, 2.75) is 32.4 Å². The molecule has 0 saturated heterocycles. The van der Waals surface area contributed by atoms with E-state index >= 15 is 0 Å². The van der Waals surface area contributed by atoms with Crippen molar-refractivity contribution in [3.05, 3.63) is 77.0 Å². The molecule has 1 aliphatic rings. The SMILES string of the molecule is CC1=CNC(N)(C#N)C(CCc2ccccc2-c2noc3cc(C)ccc23)=C1.Cl. The van der Waals surface area contributed by atoms with E-state index in [0.29, 0.717) is 6.42 Å². The van der Waals surface area contributed by atoms with Gasteiger partial charge in [-0.15, -0.1) is 12.4 Å². The summed E-state index contributed by atoms with van der Waals surface area (Å²) < 4.78 is 5.56. The van der Waals surface area contributed by atoms with Crippen LogP contribution < -0.4 is 11.1 Å². The molecule has 4 rings (SSSR count). The number of dihydropyridines is 1. The van der Waals surface area contributed by atoms with E-state index in [1.165, 1.54) is 0 Å². The van der Waals surface area contributed by atoms with Gasteiger partial charge in [-0.2, -0.15) is 5.26 Å². The van der Waals surface area contributed by atoms with Crippen LogP contribution in [0.5, 0.6) is 0 Å². The number of allylic oxidation sites excluding steroid dienone is 2. The van der Waals surface area contributed by atoms with Gasteiger partial charge in [0.05, 0.1) is 0 Å². The molecule has 6 heteroatoms. The molecule has 1 unspecified atom stereocenters. The van der Waals surface area contributed by atoms with Crippen LogP contribution in [0.25, 0.3) is 22.2 Å². The summed E-state index contributed by atoms with van der Waals surface area (Å²) >= 11 is 0. The Morgan fingerprint density at radius 1 is 1.17 bits per heavy atom. The lowest BCUT2D eigenvalue weighted by molar-refractivity contribution is 0.459. The largest absolute Gasteiger partial charge is 0.358 e. The first-order chi connectivity index (χ1) is 13.5. The highest BCUT2D eigenvalue weighted by Crippen LogP contribution is 2.32. The van der Waals surface area contributed by atoms with Crippen LogP contribution in [0.3, 0.4) is 0 Å². The van der Waals surface area contributed by atoms with Gasteiger partial charge in [0.2, 0.25) is 0 Å². The number of benzene rings is 2. The molecular weight excluding hydrogens is 384 g/mol. The summed E-state index contributed by atoms with van der Waals surface area (Å²) in [7, 11) is 0. The minimum absolute atomic E-state index is 0. The fourth-order valence-electron chi connectivity index (χ4n) is 3.60. The van der Waals surface area contributed by atoms with Gasteiger partial charge >= 0.3 is 0 Å². The third kappa shape index (κ3) is 3.91. The normalized spacial score (nSPS) is 18.3. The maximum Gasteiger partial charge on any atom is 0.198 e. The maximum atomic E-state index is 9.52. The summed E-state index contributed by atoms with van der Waals surface area (Å²) in [4.78, 5) is 0. The van der Waals surface area contributed by atoms with Crippen molar-refractivity contribution in [1.82, 2.24) is 10.5 Å². The number of aryl methyl sites for hydroxylation is 2. The number of hydrogen-bond donors (Lipinski definition) is 2. The van der Waals surface area contributed by atoms with Crippen molar-refractivity contribution in [1.29, 1.82) is 5.26 Å². The van der Waals surface area contributed by atoms with Gasteiger partial charge in [0.15, 0.2) is 11.2 Å². The second-order valence-corrected chi connectivity index (χ2v) is 7.31. The van der Waals surface area contributed by atoms with Crippen LogP contribution in [0.1, 0.15) is 24.5 Å². The summed E-state index contributed by atoms with van der Waals surface area (Å²) in [5, 5.41) is 17.9. The molecule has 1 atom stereocenters. The van der Waals surface area contributed by atoms with E-state index in [4.69, 9.17) is 10.3 Å². The molecule has 2 heterocycles. The van der Waals surface area contributed by atoms with E-state index in [1.807, 2.05) is 38.1 Å². The second-order valence-electron chi connectivity index (χ2n) is 7.31. The number of nitriles is 1. The third-order valence-electron chi connectivity index (χ3n) is 5.18. The van der Waals surface area contributed by atoms with Gasteiger partial charge in [0, 0.05) is 17.1 Å². The predicted octanol–water partition coefficient (Wildman–Crippen LogP) is 4.77. The van der Waals surface area contributed by atoms with Crippen LogP contribution in [-0.2, 0) is 6.42 Å². The van der Waals surface area contributed by atoms with Gasteiger partial charge in [0.25, 0.3) is 0 Å². The van der Waals surface area contributed by atoms with Crippen LogP contribution in [-0.4, -0.2) is 10.8 Å². The number of nitrogens with one attached hydrogen (secondary N) is 1. The first kappa shape index (κ1) is 20.7. The fourth-order valence-corrected chi connectivity index (χ4v) is 3.60.